The van der Waals surface area contributed by atoms with Gasteiger partial charge in [0, 0.05) is 24.4 Å². The molecule has 0 atom stereocenters. The third-order valence-electron chi connectivity index (χ3n) is 3.28. The highest BCUT2D eigenvalue weighted by Crippen LogP contribution is 2.15. The van der Waals surface area contributed by atoms with Crippen LogP contribution in [0.15, 0.2) is 52.9 Å². The standard InChI is InChI=1S/C17H15ClN2O2/c18-13-5-3-4-12(10-13)11-19-16(21)8-9-17-20-14-6-1-2-7-15(14)22-17/h1-7,10H,8-9,11H2,(H,19,21). The van der Waals surface area contributed by atoms with Crippen LogP contribution in [0.4, 0.5) is 0 Å². The second-order valence-corrected chi connectivity index (χ2v) is 5.42. The summed E-state index contributed by atoms with van der Waals surface area (Å²) in [7, 11) is 0. The summed E-state index contributed by atoms with van der Waals surface area (Å²) in [5, 5.41) is 3.53. The van der Waals surface area contributed by atoms with E-state index in [1.54, 1.807) is 6.07 Å². The number of amides is 1. The number of benzene rings is 2. The molecule has 0 aliphatic heterocycles. The highest BCUT2D eigenvalue weighted by molar-refractivity contribution is 6.30. The largest absolute Gasteiger partial charge is 0.441 e. The van der Waals surface area contributed by atoms with Gasteiger partial charge in [0.05, 0.1) is 0 Å². The molecule has 22 heavy (non-hydrogen) atoms. The van der Waals surface area contributed by atoms with Crippen LogP contribution in [-0.2, 0) is 17.8 Å². The Morgan fingerprint density at radius 1 is 1.18 bits per heavy atom. The van der Waals surface area contributed by atoms with Gasteiger partial charge in [0.25, 0.3) is 0 Å². The normalized spacial score (nSPS) is 10.8. The molecule has 0 unspecified atom stereocenters. The Balaban J connectivity index is 1.51. The van der Waals surface area contributed by atoms with Gasteiger partial charge in [0.2, 0.25) is 5.91 Å². The van der Waals surface area contributed by atoms with Crippen molar-refractivity contribution in [3.05, 3.63) is 65.0 Å². The average Bonchev–Trinajstić information content (AvgIpc) is 2.94. The van der Waals surface area contributed by atoms with E-state index in [-0.39, 0.29) is 5.91 Å². The molecule has 3 aromatic rings. The van der Waals surface area contributed by atoms with Gasteiger partial charge in [-0.2, -0.15) is 0 Å². The van der Waals surface area contributed by atoms with Gasteiger partial charge < -0.3 is 9.73 Å². The van der Waals surface area contributed by atoms with Crippen molar-refractivity contribution in [2.75, 3.05) is 0 Å². The van der Waals surface area contributed by atoms with E-state index in [1.807, 2.05) is 42.5 Å². The van der Waals surface area contributed by atoms with Crippen molar-refractivity contribution in [3.63, 3.8) is 0 Å². The minimum Gasteiger partial charge on any atom is -0.441 e. The van der Waals surface area contributed by atoms with Crippen molar-refractivity contribution in [2.24, 2.45) is 0 Å². The lowest BCUT2D eigenvalue weighted by atomic mass is 10.2. The molecule has 5 heteroatoms. The topological polar surface area (TPSA) is 55.1 Å². The van der Waals surface area contributed by atoms with Crippen LogP contribution in [0.25, 0.3) is 11.1 Å². The number of hydrogen-bond acceptors (Lipinski definition) is 3. The monoisotopic (exact) mass is 314 g/mol. The van der Waals surface area contributed by atoms with Gasteiger partial charge in [0.1, 0.15) is 5.52 Å². The van der Waals surface area contributed by atoms with E-state index >= 15 is 0 Å². The predicted octanol–water partition coefficient (Wildman–Crippen LogP) is 3.73. The first-order valence-corrected chi connectivity index (χ1v) is 7.44. The summed E-state index contributed by atoms with van der Waals surface area (Å²) in [6.45, 7) is 0.465. The van der Waals surface area contributed by atoms with Crippen LogP contribution in [0, 0.1) is 0 Å². The van der Waals surface area contributed by atoms with Gasteiger partial charge in [-0.25, -0.2) is 4.98 Å². The second kappa shape index (κ2) is 6.62. The number of fused-ring (bicyclic) bond motifs is 1. The van der Waals surface area contributed by atoms with E-state index in [0.29, 0.717) is 30.3 Å². The first kappa shape index (κ1) is 14.6. The predicted molar refractivity (Wildman–Crippen MR) is 85.6 cm³/mol. The van der Waals surface area contributed by atoms with Crippen molar-refractivity contribution in [1.29, 1.82) is 0 Å². The van der Waals surface area contributed by atoms with E-state index in [0.717, 1.165) is 16.7 Å². The number of hydrogen-bond donors (Lipinski definition) is 1. The highest BCUT2D eigenvalue weighted by Gasteiger charge is 2.08. The Hall–Kier alpha value is -2.33. The number of nitrogens with one attached hydrogen (secondary N) is 1. The van der Waals surface area contributed by atoms with E-state index in [4.69, 9.17) is 16.0 Å². The van der Waals surface area contributed by atoms with Crippen molar-refractivity contribution < 1.29 is 9.21 Å². The summed E-state index contributed by atoms with van der Waals surface area (Å²) < 4.78 is 5.59. The number of nitrogens with zero attached hydrogens (tertiary/aromatic N) is 1. The van der Waals surface area contributed by atoms with Crippen molar-refractivity contribution in [3.8, 4) is 0 Å². The van der Waals surface area contributed by atoms with Crippen LogP contribution in [0.2, 0.25) is 5.02 Å². The van der Waals surface area contributed by atoms with E-state index in [2.05, 4.69) is 10.3 Å². The number of aromatic nitrogens is 1. The van der Waals surface area contributed by atoms with Crippen molar-refractivity contribution >= 4 is 28.6 Å². The maximum atomic E-state index is 11.9. The fourth-order valence-corrected chi connectivity index (χ4v) is 2.40. The third kappa shape index (κ3) is 3.65. The van der Waals surface area contributed by atoms with Crippen LogP contribution < -0.4 is 5.32 Å². The number of para-hydroxylation sites is 2. The maximum absolute atomic E-state index is 11.9. The van der Waals surface area contributed by atoms with Gasteiger partial charge in [0.15, 0.2) is 11.5 Å². The van der Waals surface area contributed by atoms with Crippen LogP contribution in [0.3, 0.4) is 0 Å². The maximum Gasteiger partial charge on any atom is 0.220 e. The molecule has 1 heterocycles. The highest BCUT2D eigenvalue weighted by atomic mass is 35.5. The molecule has 0 fully saturated rings. The average molecular weight is 315 g/mol. The summed E-state index contributed by atoms with van der Waals surface area (Å²) >= 11 is 5.91. The number of rotatable bonds is 5. The fourth-order valence-electron chi connectivity index (χ4n) is 2.18. The smallest absolute Gasteiger partial charge is 0.220 e. The molecule has 0 aliphatic carbocycles. The quantitative estimate of drug-likeness (QED) is 0.780. The molecule has 1 N–H and O–H groups in total. The number of aryl methyl sites for hydroxylation is 1. The first-order valence-electron chi connectivity index (χ1n) is 7.06. The molecule has 0 spiro atoms. The van der Waals surface area contributed by atoms with Gasteiger partial charge in [-0.15, -0.1) is 0 Å². The molecule has 0 saturated carbocycles. The molecule has 3 rings (SSSR count). The summed E-state index contributed by atoms with van der Waals surface area (Å²) in [5.74, 6) is 0.543. The van der Waals surface area contributed by atoms with Crippen molar-refractivity contribution in [2.45, 2.75) is 19.4 Å². The first-order chi connectivity index (χ1) is 10.7. The molecular weight excluding hydrogens is 300 g/mol. The lowest BCUT2D eigenvalue weighted by Crippen LogP contribution is -2.23. The number of carbonyl (C=O) groups excluding carboxylic acids is 1. The Bertz CT molecular complexity index is 765. The molecule has 1 amide bonds. The van der Waals surface area contributed by atoms with Crippen LogP contribution in [0.1, 0.15) is 17.9 Å². The molecule has 112 valence electrons. The summed E-state index contributed by atoms with van der Waals surface area (Å²) in [6, 6.07) is 15.0. The van der Waals surface area contributed by atoms with E-state index in [1.165, 1.54) is 0 Å². The molecular formula is C17H15ClN2O2. The Labute approximate surface area is 133 Å². The second-order valence-electron chi connectivity index (χ2n) is 4.98. The zero-order valence-corrected chi connectivity index (χ0v) is 12.6. The van der Waals surface area contributed by atoms with Crippen molar-refractivity contribution in [1.82, 2.24) is 10.3 Å². The van der Waals surface area contributed by atoms with Crippen LogP contribution in [0.5, 0.6) is 0 Å². The zero-order chi connectivity index (χ0) is 15.4. The van der Waals surface area contributed by atoms with E-state index in [9.17, 15) is 4.79 Å². The van der Waals surface area contributed by atoms with Gasteiger partial charge in [-0.3, -0.25) is 4.79 Å². The van der Waals surface area contributed by atoms with Crippen LogP contribution in [-0.4, -0.2) is 10.9 Å². The number of oxazole rings is 1. The Morgan fingerprint density at radius 3 is 2.86 bits per heavy atom. The molecule has 0 aliphatic rings. The lowest BCUT2D eigenvalue weighted by molar-refractivity contribution is -0.121. The molecule has 0 bridgehead atoms. The zero-order valence-electron chi connectivity index (χ0n) is 11.9. The molecule has 0 radical (unpaired) electrons. The molecule has 4 nitrogen and oxygen atoms in total. The molecule has 0 saturated heterocycles. The fraction of sp³-hybridized carbons (Fsp3) is 0.176. The minimum absolute atomic E-state index is 0.0396. The summed E-state index contributed by atoms with van der Waals surface area (Å²) in [4.78, 5) is 16.2. The van der Waals surface area contributed by atoms with Crippen LogP contribution >= 0.6 is 11.6 Å². The van der Waals surface area contributed by atoms with Gasteiger partial charge in [-0.1, -0.05) is 35.9 Å². The van der Waals surface area contributed by atoms with Gasteiger partial charge in [-0.05, 0) is 29.8 Å². The summed E-state index contributed by atoms with van der Waals surface area (Å²) in [6.07, 6.45) is 0.823. The number of carbonyl (C=O) groups is 1. The SMILES string of the molecule is O=C(CCc1nc2ccccc2o1)NCc1cccc(Cl)c1. The van der Waals surface area contributed by atoms with E-state index < -0.39 is 0 Å². The minimum atomic E-state index is -0.0396. The molecule has 1 aromatic heterocycles. The lowest BCUT2D eigenvalue weighted by Gasteiger charge is -2.04. The Morgan fingerprint density at radius 2 is 2.05 bits per heavy atom. The third-order valence-corrected chi connectivity index (χ3v) is 3.52. The number of halogens is 1. The summed E-state index contributed by atoms with van der Waals surface area (Å²) in [5.41, 5.74) is 2.54. The molecule has 2 aromatic carbocycles. The Kier molecular flexibility index (Phi) is 4.39. The van der Waals surface area contributed by atoms with Gasteiger partial charge >= 0.3 is 0 Å².